The Morgan fingerprint density at radius 3 is 2.14 bits per heavy atom. The molecule has 1 heterocycles. The standard InChI is InChI=1S/C24H28O5/c1-2-27-22(26)17-21(25)18-24(19-11-5-3-6-12-19,20-13-7-4-8-14-20)29-23-15-9-10-16-28-23/h3-8,11-14,23H,2,9-10,15-18H2,1H3. The van der Waals surface area contributed by atoms with Crippen LogP contribution in [0.5, 0.6) is 0 Å². The van der Waals surface area contributed by atoms with Crippen LogP contribution in [0.2, 0.25) is 0 Å². The van der Waals surface area contributed by atoms with E-state index in [0.29, 0.717) is 6.61 Å². The number of ketones is 1. The fourth-order valence-corrected chi connectivity index (χ4v) is 3.70. The number of Topliss-reactive ketones (excluding diaryl/α,β-unsaturated/α-hetero) is 1. The lowest BCUT2D eigenvalue weighted by Crippen LogP contribution is -2.40. The first-order valence-electron chi connectivity index (χ1n) is 10.2. The summed E-state index contributed by atoms with van der Waals surface area (Å²) in [5, 5.41) is 0. The molecule has 0 aromatic heterocycles. The number of ether oxygens (including phenoxy) is 3. The molecule has 29 heavy (non-hydrogen) atoms. The van der Waals surface area contributed by atoms with Gasteiger partial charge in [0, 0.05) is 13.0 Å². The van der Waals surface area contributed by atoms with Gasteiger partial charge in [0.25, 0.3) is 0 Å². The Hall–Kier alpha value is -2.50. The van der Waals surface area contributed by atoms with Crippen LogP contribution in [0, 0.1) is 0 Å². The first-order valence-corrected chi connectivity index (χ1v) is 10.2. The molecule has 0 bridgehead atoms. The summed E-state index contributed by atoms with van der Waals surface area (Å²) in [5.74, 6) is -0.742. The number of rotatable bonds is 9. The molecule has 0 spiro atoms. The van der Waals surface area contributed by atoms with Crippen molar-refractivity contribution in [3.63, 3.8) is 0 Å². The topological polar surface area (TPSA) is 61.8 Å². The van der Waals surface area contributed by atoms with Gasteiger partial charge >= 0.3 is 5.97 Å². The second-order valence-corrected chi connectivity index (χ2v) is 7.17. The summed E-state index contributed by atoms with van der Waals surface area (Å²) < 4.78 is 17.4. The van der Waals surface area contributed by atoms with E-state index >= 15 is 0 Å². The van der Waals surface area contributed by atoms with Crippen LogP contribution >= 0.6 is 0 Å². The van der Waals surface area contributed by atoms with Crippen molar-refractivity contribution in [1.29, 1.82) is 0 Å². The summed E-state index contributed by atoms with van der Waals surface area (Å²) in [6.45, 7) is 2.62. The van der Waals surface area contributed by atoms with Crippen molar-refractivity contribution >= 4 is 11.8 Å². The van der Waals surface area contributed by atoms with Crippen LogP contribution in [0.3, 0.4) is 0 Å². The van der Waals surface area contributed by atoms with Gasteiger partial charge in [0.2, 0.25) is 0 Å². The van der Waals surface area contributed by atoms with E-state index in [1.54, 1.807) is 6.92 Å². The van der Waals surface area contributed by atoms with Crippen molar-refractivity contribution in [3.8, 4) is 0 Å². The van der Waals surface area contributed by atoms with Crippen LogP contribution in [0.4, 0.5) is 0 Å². The maximum absolute atomic E-state index is 12.9. The van der Waals surface area contributed by atoms with Crippen molar-refractivity contribution in [2.24, 2.45) is 0 Å². The molecule has 1 atom stereocenters. The van der Waals surface area contributed by atoms with Gasteiger partial charge in [-0.2, -0.15) is 0 Å². The number of hydrogen-bond acceptors (Lipinski definition) is 5. The molecule has 0 amide bonds. The zero-order valence-electron chi connectivity index (χ0n) is 16.8. The maximum Gasteiger partial charge on any atom is 0.313 e. The van der Waals surface area contributed by atoms with E-state index in [-0.39, 0.29) is 25.2 Å². The maximum atomic E-state index is 12.9. The molecule has 5 heteroatoms. The van der Waals surface area contributed by atoms with Crippen LogP contribution in [-0.4, -0.2) is 31.3 Å². The van der Waals surface area contributed by atoms with Gasteiger partial charge in [0.15, 0.2) is 6.29 Å². The first-order chi connectivity index (χ1) is 14.1. The second kappa shape index (κ2) is 10.3. The van der Waals surface area contributed by atoms with E-state index < -0.39 is 17.9 Å². The van der Waals surface area contributed by atoms with Crippen molar-refractivity contribution in [3.05, 3.63) is 71.8 Å². The van der Waals surface area contributed by atoms with Crippen LogP contribution in [0.15, 0.2) is 60.7 Å². The smallest absolute Gasteiger partial charge is 0.313 e. The van der Waals surface area contributed by atoms with E-state index in [2.05, 4.69) is 0 Å². The fraction of sp³-hybridized carbons (Fsp3) is 0.417. The van der Waals surface area contributed by atoms with Gasteiger partial charge in [-0.05, 0) is 37.3 Å². The highest BCUT2D eigenvalue weighted by Gasteiger charge is 2.41. The van der Waals surface area contributed by atoms with Gasteiger partial charge in [0.1, 0.15) is 17.8 Å². The fourth-order valence-electron chi connectivity index (χ4n) is 3.70. The molecular formula is C24H28O5. The minimum absolute atomic E-state index is 0.0275. The third-order valence-corrected chi connectivity index (χ3v) is 5.04. The molecule has 0 N–H and O–H groups in total. The normalized spacial score (nSPS) is 16.9. The summed E-state index contributed by atoms with van der Waals surface area (Å²) in [4.78, 5) is 24.8. The quantitative estimate of drug-likeness (QED) is 0.465. The monoisotopic (exact) mass is 396 g/mol. The number of esters is 1. The molecule has 3 rings (SSSR count). The minimum atomic E-state index is -1.03. The lowest BCUT2D eigenvalue weighted by Gasteiger charge is -2.39. The van der Waals surface area contributed by atoms with Crippen LogP contribution in [-0.2, 0) is 29.4 Å². The molecule has 0 radical (unpaired) electrons. The van der Waals surface area contributed by atoms with Crippen molar-refractivity contribution < 1.29 is 23.8 Å². The number of carbonyl (C=O) groups is 2. The Labute approximate surface area is 172 Å². The Morgan fingerprint density at radius 2 is 1.62 bits per heavy atom. The molecule has 1 aliphatic heterocycles. The summed E-state index contributed by atoms with van der Waals surface area (Å²) >= 11 is 0. The van der Waals surface area contributed by atoms with Gasteiger partial charge in [-0.15, -0.1) is 0 Å². The molecular weight excluding hydrogens is 368 g/mol. The first kappa shape index (κ1) is 21.2. The molecule has 2 aromatic rings. The Morgan fingerprint density at radius 1 is 1.00 bits per heavy atom. The summed E-state index contributed by atoms with van der Waals surface area (Å²) in [6, 6.07) is 19.4. The molecule has 0 saturated carbocycles. The van der Waals surface area contributed by atoms with Crippen molar-refractivity contribution in [2.75, 3.05) is 13.2 Å². The highest BCUT2D eigenvalue weighted by Crippen LogP contribution is 2.40. The van der Waals surface area contributed by atoms with Crippen LogP contribution < -0.4 is 0 Å². The Kier molecular flexibility index (Phi) is 7.55. The van der Waals surface area contributed by atoms with E-state index in [1.807, 2.05) is 60.7 Å². The van der Waals surface area contributed by atoms with Crippen LogP contribution in [0.1, 0.15) is 50.2 Å². The van der Waals surface area contributed by atoms with E-state index in [1.165, 1.54) is 0 Å². The third kappa shape index (κ3) is 5.52. The van der Waals surface area contributed by atoms with Crippen LogP contribution in [0.25, 0.3) is 0 Å². The average Bonchev–Trinajstić information content (AvgIpc) is 2.75. The largest absolute Gasteiger partial charge is 0.466 e. The van der Waals surface area contributed by atoms with Crippen molar-refractivity contribution in [1.82, 2.24) is 0 Å². The van der Waals surface area contributed by atoms with E-state index in [9.17, 15) is 9.59 Å². The Balaban J connectivity index is 1.99. The molecule has 5 nitrogen and oxygen atoms in total. The van der Waals surface area contributed by atoms with Gasteiger partial charge in [-0.3, -0.25) is 9.59 Å². The lowest BCUT2D eigenvalue weighted by atomic mass is 9.81. The highest BCUT2D eigenvalue weighted by molar-refractivity contribution is 5.96. The molecule has 154 valence electrons. The minimum Gasteiger partial charge on any atom is -0.466 e. The summed E-state index contributed by atoms with van der Waals surface area (Å²) in [5.41, 5.74) is 0.684. The predicted molar refractivity (Wildman–Crippen MR) is 109 cm³/mol. The number of benzene rings is 2. The third-order valence-electron chi connectivity index (χ3n) is 5.04. The summed E-state index contributed by atoms with van der Waals surface area (Å²) in [7, 11) is 0. The lowest BCUT2D eigenvalue weighted by molar-refractivity contribution is -0.218. The predicted octanol–water partition coefficient (Wildman–Crippen LogP) is 4.39. The molecule has 1 fully saturated rings. The summed E-state index contributed by atoms with van der Waals surface area (Å²) in [6.07, 6.45) is 2.14. The Bertz CT molecular complexity index is 742. The molecule has 0 aliphatic carbocycles. The molecule has 1 unspecified atom stereocenters. The zero-order chi connectivity index (χ0) is 20.5. The van der Waals surface area contributed by atoms with E-state index in [4.69, 9.17) is 14.2 Å². The second-order valence-electron chi connectivity index (χ2n) is 7.17. The SMILES string of the molecule is CCOC(=O)CC(=O)CC(OC1CCCCO1)(c1ccccc1)c1ccccc1. The number of carbonyl (C=O) groups excluding carboxylic acids is 2. The molecule has 1 saturated heterocycles. The zero-order valence-corrected chi connectivity index (χ0v) is 16.8. The van der Waals surface area contributed by atoms with Gasteiger partial charge in [-0.1, -0.05) is 60.7 Å². The average molecular weight is 396 g/mol. The number of hydrogen-bond donors (Lipinski definition) is 0. The van der Waals surface area contributed by atoms with Gasteiger partial charge < -0.3 is 14.2 Å². The van der Waals surface area contributed by atoms with E-state index in [0.717, 1.165) is 30.4 Å². The van der Waals surface area contributed by atoms with Gasteiger partial charge in [-0.25, -0.2) is 0 Å². The molecule has 1 aliphatic rings. The van der Waals surface area contributed by atoms with Crippen molar-refractivity contribution in [2.45, 2.75) is 50.9 Å². The highest BCUT2D eigenvalue weighted by atomic mass is 16.7. The van der Waals surface area contributed by atoms with Gasteiger partial charge in [0.05, 0.1) is 6.61 Å². The molecule has 2 aromatic carbocycles.